The molecule has 0 saturated heterocycles. The minimum Gasteiger partial charge on any atom is -0.494 e. The highest BCUT2D eigenvalue weighted by atomic mass is 19.1. The minimum atomic E-state index is -0.377. The molecule has 29 heavy (non-hydrogen) atoms. The van der Waals surface area contributed by atoms with Crippen LogP contribution in [-0.4, -0.2) is 18.4 Å². The van der Waals surface area contributed by atoms with Crippen molar-refractivity contribution in [2.75, 3.05) is 17.2 Å². The zero-order valence-electron chi connectivity index (χ0n) is 15.9. The normalized spacial score (nSPS) is 10.3. The fraction of sp³-hybridized carbons (Fsp3) is 0.130. The van der Waals surface area contributed by atoms with Crippen molar-refractivity contribution in [2.24, 2.45) is 0 Å². The Morgan fingerprint density at radius 1 is 0.897 bits per heavy atom. The van der Waals surface area contributed by atoms with Crippen LogP contribution in [0.15, 0.2) is 72.8 Å². The van der Waals surface area contributed by atoms with Gasteiger partial charge in [0.2, 0.25) is 5.91 Å². The zero-order chi connectivity index (χ0) is 20.6. The zero-order valence-corrected chi connectivity index (χ0v) is 15.9. The largest absolute Gasteiger partial charge is 0.494 e. The summed E-state index contributed by atoms with van der Waals surface area (Å²) >= 11 is 0. The Hall–Kier alpha value is -3.67. The SMILES string of the molecule is CCOc1ccc(NC(=O)c2ccc(NC(=O)Cc3cccc(F)c3)cc2)cc1. The van der Waals surface area contributed by atoms with Gasteiger partial charge in [0.05, 0.1) is 13.0 Å². The fourth-order valence-electron chi connectivity index (χ4n) is 2.75. The van der Waals surface area contributed by atoms with Gasteiger partial charge in [-0.05, 0) is 73.2 Å². The molecule has 0 spiro atoms. The second-order valence-corrected chi connectivity index (χ2v) is 6.34. The molecule has 148 valence electrons. The van der Waals surface area contributed by atoms with E-state index in [1.165, 1.54) is 12.1 Å². The average molecular weight is 392 g/mol. The summed E-state index contributed by atoms with van der Waals surface area (Å²) in [6, 6.07) is 19.6. The van der Waals surface area contributed by atoms with Gasteiger partial charge in [-0.3, -0.25) is 9.59 Å². The third-order valence-electron chi connectivity index (χ3n) is 4.11. The molecule has 0 aliphatic carbocycles. The third kappa shape index (κ3) is 5.90. The third-order valence-corrected chi connectivity index (χ3v) is 4.11. The molecule has 6 heteroatoms. The lowest BCUT2D eigenvalue weighted by atomic mass is 10.1. The topological polar surface area (TPSA) is 67.4 Å². The maximum absolute atomic E-state index is 13.2. The van der Waals surface area contributed by atoms with Crippen molar-refractivity contribution in [3.63, 3.8) is 0 Å². The van der Waals surface area contributed by atoms with Gasteiger partial charge in [0, 0.05) is 16.9 Å². The molecule has 0 saturated carbocycles. The monoisotopic (exact) mass is 392 g/mol. The summed E-state index contributed by atoms with van der Waals surface area (Å²) in [5.74, 6) is -0.156. The summed E-state index contributed by atoms with van der Waals surface area (Å²) in [6.07, 6.45) is 0.0672. The Labute approximate surface area is 168 Å². The van der Waals surface area contributed by atoms with Gasteiger partial charge in [-0.25, -0.2) is 4.39 Å². The molecule has 3 aromatic rings. The van der Waals surface area contributed by atoms with E-state index in [4.69, 9.17) is 4.74 Å². The van der Waals surface area contributed by atoms with Crippen LogP contribution in [0.5, 0.6) is 5.75 Å². The van der Waals surface area contributed by atoms with E-state index >= 15 is 0 Å². The first-order valence-corrected chi connectivity index (χ1v) is 9.22. The first-order valence-electron chi connectivity index (χ1n) is 9.22. The van der Waals surface area contributed by atoms with Crippen molar-refractivity contribution in [1.29, 1.82) is 0 Å². The molecule has 0 aliphatic rings. The van der Waals surface area contributed by atoms with Gasteiger partial charge in [-0.2, -0.15) is 0 Å². The fourth-order valence-corrected chi connectivity index (χ4v) is 2.75. The second kappa shape index (κ2) is 9.50. The number of ether oxygens (including phenoxy) is 1. The molecule has 0 aromatic heterocycles. The van der Waals surface area contributed by atoms with Crippen LogP contribution in [0.2, 0.25) is 0 Å². The van der Waals surface area contributed by atoms with Crippen LogP contribution in [0.1, 0.15) is 22.8 Å². The van der Waals surface area contributed by atoms with Gasteiger partial charge < -0.3 is 15.4 Å². The molecule has 3 rings (SSSR count). The lowest BCUT2D eigenvalue weighted by Gasteiger charge is -2.09. The van der Waals surface area contributed by atoms with Gasteiger partial charge in [0.1, 0.15) is 11.6 Å². The van der Waals surface area contributed by atoms with Crippen molar-refractivity contribution >= 4 is 23.2 Å². The maximum Gasteiger partial charge on any atom is 0.255 e. The predicted octanol–water partition coefficient (Wildman–Crippen LogP) is 4.66. The van der Waals surface area contributed by atoms with E-state index in [9.17, 15) is 14.0 Å². The Morgan fingerprint density at radius 2 is 1.55 bits per heavy atom. The minimum absolute atomic E-state index is 0.0672. The maximum atomic E-state index is 13.2. The van der Waals surface area contributed by atoms with E-state index in [2.05, 4.69) is 10.6 Å². The Balaban J connectivity index is 1.56. The Kier molecular flexibility index (Phi) is 6.58. The molecule has 5 nitrogen and oxygen atoms in total. The number of carbonyl (C=O) groups is 2. The molecule has 3 aromatic carbocycles. The van der Waals surface area contributed by atoms with Gasteiger partial charge in [0.15, 0.2) is 0 Å². The standard InChI is InChI=1S/C23H21FN2O3/c1-2-29-21-12-10-20(11-13-21)26-23(28)17-6-8-19(9-7-17)25-22(27)15-16-4-3-5-18(24)14-16/h3-14H,2,15H2,1H3,(H,25,27)(H,26,28). The van der Waals surface area contributed by atoms with Crippen molar-refractivity contribution in [1.82, 2.24) is 0 Å². The highest BCUT2D eigenvalue weighted by Gasteiger charge is 2.08. The van der Waals surface area contributed by atoms with Crippen LogP contribution in [0, 0.1) is 5.82 Å². The van der Waals surface area contributed by atoms with Crippen LogP contribution in [0.3, 0.4) is 0 Å². The number of rotatable bonds is 7. The molecule has 0 fully saturated rings. The van der Waals surface area contributed by atoms with E-state index in [0.29, 0.717) is 29.1 Å². The summed E-state index contributed by atoms with van der Waals surface area (Å²) in [4.78, 5) is 24.5. The van der Waals surface area contributed by atoms with Crippen LogP contribution < -0.4 is 15.4 Å². The first-order chi connectivity index (χ1) is 14.0. The number of anilines is 2. The van der Waals surface area contributed by atoms with E-state index < -0.39 is 0 Å². The van der Waals surface area contributed by atoms with Crippen molar-refractivity contribution in [3.8, 4) is 5.75 Å². The molecule has 0 radical (unpaired) electrons. The number of amides is 2. The Morgan fingerprint density at radius 3 is 2.21 bits per heavy atom. The van der Waals surface area contributed by atoms with Gasteiger partial charge in [-0.1, -0.05) is 12.1 Å². The van der Waals surface area contributed by atoms with Gasteiger partial charge in [-0.15, -0.1) is 0 Å². The van der Waals surface area contributed by atoms with Crippen LogP contribution in [0.25, 0.3) is 0 Å². The lowest BCUT2D eigenvalue weighted by Crippen LogP contribution is -2.15. The molecule has 0 unspecified atom stereocenters. The predicted molar refractivity (Wildman–Crippen MR) is 111 cm³/mol. The number of hydrogen-bond donors (Lipinski definition) is 2. The average Bonchev–Trinajstić information content (AvgIpc) is 2.70. The smallest absolute Gasteiger partial charge is 0.255 e. The molecule has 0 atom stereocenters. The summed E-state index contributed by atoms with van der Waals surface area (Å²) in [5.41, 5.74) is 2.27. The molecule has 0 heterocycles. The van der Waals surface area contributed by atoms with Crippen molar-refractivity contribution in [2.45, 2.75) is 13.3 Å². The van der Waals surface area contributed by atoms with Crippen LogP contribution >= 0.6 is 0 Å². The summed E-state index contributed by atoms with van der Waals surface area (Å²) in [5, 5.41) is 5.55. The highest BCUT2D eigenvalue weighted by Crippen LogP contribution is 2.17. The quantitative estimate of drug-likeness (QED) is 0.615. The number of halogens is 1. The molecule has 0 bridgehead atoms. The number of carbonyl (C=O) groups excluding carboxylic acids is 2. The number of benzene rings is 3. The molecule has 0 aliphatic heterocycles. The summed E-state index contributed by atoms with van der Waals surface area (Å²) < 4.78 is 18.6. The first kappa shape index (κ1) is 20.1. The highest BCUT2D eigenvalue weighted by molar-refractivity contribution is 6.04. The summed E-state index contributed by atoms with van der Waals surface area (Å²) in [6.45, 7) is 2.49. The molecule has 2 N–H and O–H groups in total. The number of hydrogen-bond acceptors (Lipinski definition) is 3. The molecular formula is C23H21FN2O3. The molecule has 2 amide bonds. The van der Waals surface area contributed by atoms with Gasteiger partial charge >= 0.3 is 0 Å². The van der Waals surface area contributed by atoms with Crippen molar-refractivity contribution < 1.29 is 18.7 Å². The van der Waals surface area contributed by atoms with E-state index in [0.717, 1.165) is 5.75 Å². The van der Waals surface area contributed by atoms with Gasteiger partial charge in [0.25, 0.3) is 5.91 Å². The van der Waals surface area contributed by atoms with E-state index in [1.807, 2.05) is 6.92 Å². The summed E-state index contributed by atoms with van der Waals surface area (Å²) in [7, 11) is 0. The van der Waals surface area contributed by atoms with Crippen LogP contribution in [0.4, 0.5) is 15.8 Å². The van der Waals surface area contributed by atoms with Crippen molar-refractivity contribution in [3.05, 3.63) is 89.7 Å². The second-order valence-electron chi connectivity index (χ2n) is 6.34. The lowest BCUT2D eigenvalue weighted by molar-refractivity contribution is -0.115. The van der Waals surface area contributed by atoms with E-state index in [-0.39, 0.29) is 24.1 Å². The molecular weight excluding hydrogens is 371 g/mol. The van der Waals surface area contributed by atoms with Crippen LogP contribution in [-0.2, 0) is 11.2 Å². The number of nitrogens with one attached hydrogen (secondary N) is 2. The Bertz CT molecular complexity index is 986. The van der Waals surface area contributed by atoms with E-state index in [1.54, 1.807) is 60.7 Å².